The molecule has 19 heavy (non-hydrogen) atoms. The molecule has 1 aromatic rings. The van der Waals surface area contributed by atoms with Gasteiger partial charge in [0.05, 0.1) is 0 Å². The standard InChI is InChI=1S/C12H18N4O3/c1-2-3-8-6-9(16-15-8)10(17)14-12(11(18)19)4-5-13-7-12/h6,13H,2-5,7H2,1H3,(H,14,17)(H,15,16)(H,18,19)/t12-/m1/s1. The quantitative estimate of drug-likeness (QED) is 0.596. The molecule has 104 valence electrons. The third kappa shape index (κ3) is 2.76. The van der Waals surface area contributed by atoms with Crippen LogP contribution < -0.4 is 10.6 Å². The zero-order valence-corrected chi connectivity index (χ0v) is 10.8. The fourth-order valence-electron chi connectivity index (χ4n) is 2.19. The number of nitrogens with one attached hydrogen (secondary N) is 3. The molecule has 7 nitrogen and oxygen atoms in total. The van der Waals surface area contributed by atoms with Crippen LogP contribution in [0.2, 0.25) is 0 Å². The van der Waals surface area contributed by atoms with Gasteiger partial charge >= 0.3 is 5.97 Å². The highest BCUT2D eigenvalue weighted by atomic mass is 16.4. The molecule has 0 aromatic carbocycles. The van der Waals surface area contributed by atoms with Crippen LogP contribution in [0.4, 0.5) is 0 Å². The Morgan fingerprint density at radius 3 is 2.95 bits per heavy atom. The summed E-state index contributed by atoms with van der Waals surface area (Å²) >= 11 is 0. The molecule has 0 unspecified atom stereocenters. The molecule has 1 saturated heterocycles. The molecule has 1 aliphatic heterocycles. The summed E-state index contributed by atoms with van der Waals surface area (Å²) < 4.78 is 0. The van der Waals surface area contributed by atoms with E-state index in [1.165, 1.54) is 0 Å². The van der Waals surface area contributed by atoms with E-state index in [0.29, 0.717) is 13.0 Å². The van der Waals surface area contributed by atoms with Crippen LogP contribution in [0, 0.1) is 0 Å². The van der Waals surface area contributed by atoms with Crippen LogP contribution in [0.15, 0.2) is 6.07 Å². The van der Waals surface area contributed by atoms with Crippen molar-refractivity contribution in [2.24, 2.45) is 0 Å². The Balaban J connectivity index is 2.08. The van der Waals surface area contributed by atoms with Crippen LogP contribution in [-0.4, -0.2) is 45.8 Å². The minimum Gasteiger partial charge on any atom is -0.479 e. The molecule has 2 heterocycles. The smallest absolute Gasteiger partial charge is 0.330 e. The number of hydrogen-bond acceptors (Lipinski definition) is 4. The molecule has 0 aliphatic carbocycles. The van der Waals surface area contributed by atoms with E-state index >= 15 is 0 Å². The van der Waals surface area contributed by atoms with E-state index in [2.05, 4.69) is 20.8 Å². The Bertz CT molecular complexity index is 477. The van der Waals surface area contributed by atoms with Crippen molar-refractivity contribution in [1.29, 1.82) is 0 Å². The average molecular weight is 266 g/mol. The monoisotopic (exact) mass is 266 g/mol. The first-order valence-electron chi connectivity index (χ1n) is 6.38. The van der Waals surface area contributed by atoms with E-state index in [9.17, 15) is 14.7 Å². The molecule has 0 spiro atoms. The van der Waals surface area contributed by atoms with Gasteiger partial charge in [0.25, 0.3) is 5.91 Å². The second-order valence-electron chi connectivity index (χ2n) is 4.80. The van der Waals surface area contributed by atoms with Crippen molar-refractivity contribution in [3.05, 3.63) is 17.5 Å². The van der Waals surface area contributed by atoms with Gasteiger partial charge in [-0.1, -0.05) is 13.3 Å². The first-order chi connectivity index (χ1) is 9.07. The first kappa shape index (κ1) is 13.5. The Morgan fingerprint density at radius 2 is 2.37 bits per heavy atom. The highest BCUT2D eigenvalue weighted by Gasteiger charge is 2.43. The fourth-order valence-corrected chi connectivity index (χ4v) is 2.19. The van der Waals surface area contributed by atoms with Crippen LogP contribution in [-0.2, 0) is 11.2 Å². The van der Waals surface area contributed by atoms with E-state index in [0.717, 1.165) is 18.5 Å². The van der Waals surface area contributed by atoms with Crippen molar-refractivity contribution in [3.8, 4) is 0 Å². The fraction of sp³-hybridized carbons (Fsp3) is 0.583. The van der Waals surface area contributed by atoms with Crippen LogP contribution in [0.25, 0.3) is 0 Å². The third-order valence-corrected chi connectivity index (χ3v) is 3.30. The van der Waals surface area contributed by atoms with Gasteiger partial charge in [0.2, 0.25) is 0 Å². The van der Waals surface area contributed by atoms with E-state index in [1.54, 1.807) is 6.07 Å². The lowest BCUT2D eigenvalue weighted by Crippen LogP contribution is -2.56. The summed E-state index contributed by atoms with van der Waals surface area (Å²) in [6, 6.07) is 1.66. The molecule has 1 aliphatic rings. The zero-order chi connectivity index (χ0) is 13.9. The number of aromatic amines is 1. The highest BCUT2D eigenvalue weighted by molar-refractivity contribution is 5.96. The number of carboxylic acid groups (broad SMARTS) is 1. The normalized spacial score (nSPS) is 22.4. The second kappa shape index (κ2) is 5.40. The first-order valence-corrected chi connectivity index (χ1v) is 6.38. The molecular formula is C12H18N4O3. The number of carbonyl (C=O) groups is 2. The van der Waals surface area contributed by atoms with E-state index < -0.39 is 17.4 Å². The third-order valence-electron chi connectivity index (χ3n) is 3.30. The SMILES string of the molecule is CCCc1cc(C(=O)N[C@]2(C(=O)O)CCNC2)n[nH]1. The number of aromatic nitrogens is 2. The van der Waals surface area contributed by atoms with Crippen LogP contribution in [0.5, 0.6) is 0 Å². The maximum Gasteiger partial charge on any atom is 0.330 e. The van der Waals surface area contributed by atoms with Crippen LogP contribution in [0.3, 0.4) is 0 Å². The number of amides is 1. The summed E-state index contributed by atoms with van der Waals surface area (Å²) in [5.41, 5.74) is -0.112. The second-order valence-corrected chi connectivity index (χ2v) is 4.80. The van der Waals surface area contributed by atoms with Crippen molar-refractivity contribution in [2.45, 2.75) is 31.7 Å². The van der Waals surface area contributed by atoms with Gasteiger partial charge in [0.1, 0.15) is 5.69 Å². The van der Waals surface area contributed by atoms with Crippen molar-refractivity contribution in [3.63, 3.8) is 0 Å². The van der Waals surface area contributed by atoms with Gasteiger partial charge < -0.3 is 15.7 Å². The number of aryl methyl sites for hydroxylation is 1. The highest BCUT2D eigenvalue weighted by Crippen LogP contribution is 2.16. The van der Waals surface area contributed by atoms with Gasteiger partial charge in [-0.05, 0) is 25.5 Å². The number of carboxylic acids is 1. The molecule has 1 aromatic heterocycles. The number of carbonyl (C=O) groups excluding carboxylic acids is 1. The molecule has 1 amide bonds. The van der Waals surface area contributed by atoms with Gasteiger partial charge in [0.15, 0.2) is 5.54 Å². The van der Waals surface area contributed by atoms with Gasteiger partial charge in [0, 0.05) is 12.2 Å². The summed E-state index contributed by atoms with van der Waals surface area (Å²) in [5.74, 6) is -1.47. The lowest BCUT2D eigenvalue weighted by molar-refractivity contribution is -0.143. The average Bonchev–Trinajstić information content (AvgIpc) is 2.99. The summed E-state index contributed by atoms with van der Waals surface area (Å²) in [6.45, 7) is 2.85. The molecule has 1 atom stereocenters. The molecule has 7 heteroatoms. The van der Waals surface area contributed by atoms with E-state index in [1.807, 2.05) is 6.92 Å². The predicted octanol–water partition coefficient (Wildman–Crippen LogP) is -0.0913. The number of aliphatic carboxylic acids is 1. The molecule has 1 fully saturated rings. The number of H-pyrrole nitrogens is 1. The van der Waals surface area contributed by atoms with Crippen molar-refractivity contribution in [1.82, 2.24) is 20.8 Å². The van der Waals surface area contributed by atoms with Crippen molar-refractivity contribution in [2.75, 3.05) is 13.1 Å². The van der Waals surface area contributed by atoms with E-state index in [4.69, 9.17) is 0 Å². The summed E-state index contributed by atoms with van der Waals surface area (Å²) in [4.78, 5) is 23.4. The van der Waals surface area contributed by atoms with Gasteiger partial charge in [-0.25, -0.2) is 4.79 Å². The van der Waals surface area contributed by atoms with Crippen LogP contribution in [0.1, 0.15) is 35.9 Å². The summed E-state index contributed by atoms with van der Waals surface area (Å²) in [5, 5.41) is 21.5. The van der Waals surface area contributed by atoms with Crippen LogP contribution >= 0.6 is 0 Å². The summed E-state index contributed by atoms with van der Waals surface area (Å²) in [7, 11) is 0. The predicted molar refractivity (Wildman–Crippen MR) is 67.9 cm³/mol. The van der Waals surface area contributed by atoms with Gasteiger partial charge in [-0.15, -0.1) is 0 Å². The number of rotatable bonds is 5. The minimum absolute atomic E-state index is 0.232. The Hall–Kier alpha value is -1.89. The maximum absolute atomic E-state index is 12.0. The van der Waals surface area contributed by atoms with Crippen molar-refractivity contribution >= 4 is 11.9 Å². The van der Waals surface area contributed by atoms with Gasteiger partial charge in [-0.2, -0.15) is 5.10 Å². The largest absolute Gasteiger partial charge is 0.479 e. The molecular weight excluding hydrogens is 248 g/mol. The zero-order valence-electron chi connectivity index (χ0n) is 10.8. The molecule has 2 rings (SSSR count). The molecule has 0 saturated carbocycles. The molecule has 0 radical (unpaired) electrons. The minimum atomic E-state index is -1.22. The van der Waals surface area contributed by atoms with E-state index in [-0.39, 0.29) is 12.2 Å². The Labute approximate surface area is 110 Å². The topological polar surface area (TPSA) is 107 Å². The Morgan fingerprint density at radius 1 is 1.58 bits per heavy atom. The van der Waals surface area contributed by atoms with Gasteiger partial charge in [-0.3, -0.25) is 9.89 Å². The number of nitrogens with zero attached hydrogens (tertiary/aromatic N) is 1. The lowest BCUT2D eigenvalue weighted by atomic mass is 9.98. The lowest BCUT2D eigenvalue weighted by Gasteiger charge is -2.23. The maximum atomic E-state index is 12.0. The number of hydrogen-bond donors (Lipinski definition) is 4. The molecule has 0 bridgehead atoms. The Kier molecular flexibility index (Phi) is 3.84. The van der Waals surface area contributed by atoms with Crippen molar-refractivity contribution < 1.29 is 14.7 Å². The summed E-state index contributed by atoms with van der Waals surface area (Å²) in [6.07, 6.45) is 2.14. The molecule has 4 N–H and O–H groups in total.